The molecular formula is C33H37ClN6O3. The number of nitrogen functional groups attached to an aromatic ring is 1. The Hall–Kier alpha value is -4.08. The number of pyridine rings is 1. The first-order valence-corrected chi connectivity index (χ1v) is 15.3. The first kappa shape index (κ1) is 29.0. The number of nitrogens with zero attached hydrogens (tertiary/aromatic N) is 4. The van der Waals surface area contributed by atoms with Gasteiger partial charge in [-0.25, -0.2) is 10.8 Å². The number of hydrazine groups is 1. The molecule has 0 aliphatic carbocycles. The Morgan fingerprint density at radius 1 is 1.05 bits per heavy atom. The van der Waals surface area contributed by atoms with E-state index in [1.165, 1.54) is 0 Å². The summed E-state index contributed by atoms with van der Waals surface area (Å²) < 4.78 is 1.88. The molecule has 8 bridgehead atoms. The lowest BCUT2D eigenvalue weighted by Gasteiger charge is -2.30. The van der Waals surface area contributed by atoms with E-state index >= 15 is 0 Å². The number of carbonyl (C=O) groups is 2. The van der Waals surface area contributed by atoms with Gasteiger partial charge in [0.05, 0.1) is 22.8 Å². The summed E-state index contributed by atoms with van der Waals surface area (Å²) >= 11 is 6.83. The topological polar surface area (TPSA) is 131 Å². The van der Waals surface area contributed by atoms with Crippen LogP contribution in [0.3, 0.4) is 0 Å². The molecule has 43 heavy (non-hydrogen) atoms. The van der Waals surface area contributed by atoms with Crippen LogP contribution in [-0.2, 0) is 31.2 Å². The number of carbonyl (C=O) groups excluding carboxylic acids is 1. The Bertz CT molecular complexity index is 1720. The van der Waals surface area contributed by atoms with Gasteiger partial charge in [-0.1, -0.05) is 48.7 Å². The number of carboxylic acid groups (broad SMARTS) is 1. The molecule has 2 aromatic heterocycles. The highest BCUT2D eigenvalue weighted by Gasteiger charge is 2.28. The Balaban J connectivity index is 1.41. The molecule has 9 nitrogen and oxygen atoms in total. The van der Waals surface area contributed by atoms with Gasteiger partial charge in [0.15, 0.2) is 0 Å². The molecule has 0 saturated carbocycles. The van der Waals surface area contributed by atoms with E-state index in [9.17, 15) is 14.7 Å². The van der Waals surface area contributed by atoms with Gasteiger partial charge in [-0.3, -0.25) is 9.59 Å². The molecule has 7 rings (SSSR count). The highest BCUT2D eigenvalue weighted by Crippen LogP contribution is 2.41. The molecule has 4 aromatic rings. The zero-order chi connectivity index (χ0) is 30.2. The van der Waals surface area contributed by atoms with Gasteiger partial charge in [0.25, 0.3) is 5.91 Å². The maximum Gasteiger partial charge on any atom is 0.304 e. The van der Waals surface area contributed by atoms with Crippen molar-refractivity contribution in [2.24, 2.45) is 12.9 Å². The predicted molar refractivity (Wildman–Crippen MR) is 169 cm³/mol. The number of amides is 1. The zero-order valence-electron chi connectivity index (χ0n) is 24.4. The molecule has 10 heteroatoms. The second-order valence-electron chi connectivity index (χ2n) is 11.8. The van der Waals surface area contributed by atoms with Crippen LogP contribution in [0.4, 0.5) is 11.4 Å². The third kappa shape index (κ3) is 5.67. The molecule has 2 aromatic carbocycles. The highest BCUT2D eigenvalue weighted by molar-refractivity contribution is 6.34. The fraction of sp³-hybridized carbons (Fsp3) is 0.364. The van der Waals surface area contributed by atoms with Crippen molar-refractivity contribution in [3.8, 4) is 0 Å². The first-order chi connectivity index (χ1) is 20.7. The van der Waals surface area contributed by atoms with Crippen LogP contribution < -0.4 is 16.6 Å². The van der Waals surface area contributed by atoms with Crippen LogP contribution in [0.2, 0.25) is 5.02 Å². The number of nitrogens with two attached hydrogens (primary N) is 2. The molecule has 0 radical (unpaired) electrons. The molecule has 5 N–H and O–H groups in total. The van der Waals surface area contributed by atoms with Crippen molar-refractivity contribution < 1.29 is 14.7 Å². The summed E-state index contributed by atoms with van der Waals surface area (Å²) in [4.78, 5) is 32.4. The molecule has 224 valence electrons. The van der Waals surface area contributed by atoms with Crippen LogP contribution in [0, 0.1) is 0 Å². The van der Waals surface area contributed by atoms with Gasteiger partial charge in [-0.05, 0) is 71.7 Å². The largest absolute Gasteiger partial charge is 0.481 e. The molecule has 0 saturated heterocycles. The quantitative estimate of drug-likeness (QED) is 0.207. The first-order valence-electron chi connectivity index (χ1n) is 14.9. The number of rotatable bonds is 2. The second kappa shape index (κ2) is 11.9. The SMILES string of the molecule is Cn1c2cc3cc(cnc31)CCCCCCN(N)c1ccc(c(Cl)c1N)C(CC(=O)O)c1ccc3c(c1)CN(CC3)C2=O. The van der Waals surface area contributed by atoms with E-state index in [2.05, 4.69) is 6.07 Å². The van der Waals surface area contributed by atoms with E-state index in [1.54, 1.807) is 5.01 Å². The van der Waals surface area contributed by atoms with Crippen LogP contribution in [0.25, 0.3) is 11.0 Å². The second-order valence-corrected chi connectivity index (χ2v) is 12.1. The fourth-order valence-electron chi connectivity index (χ4n) is 6.52. The maximum absolute atomic E-state index is 13.8. The summed E-state index contributed by atoms with van der Waals surface area (Å²) in [5, 5.41) is 12.8. The summed E-state index contributed by atoms with van der Waals surface area (Å²) in [5.41, 5.74) is 13.6. The monoisotopic (exact) mass is 600 g/mol. The maximum atomic E-state index is 13.8. The smallest absolute Gasteiger partial charge is 0.304 e. The van der Waals surface area contributed by atoms with Crippen molar-refractivity contribution in [1.82, 2.24) is 14.5 Å². The van der Waals surface area contributed by atoms with Crippen molar-refractivity contribution >= 4 is 45.9 Å². The van der Waals surface area contributed by atoms with Crippen molar-refractivity contribution in [3.63, 3.8) is 0 Å². The Labute approximate surface area is 256 Å². The molecule has 1 atom stereocenters. The third-order valence-electron chi connectivity index (χ3n) is 8.94. The predicted octanol–water partition coefficient (Wildman–Crippen LogP) is 5.41. The summed E-state index contributed by atoms with van der Waals surface area (Å²) in [6.07, 6.45) is 7.37. The van der Waals surface area contributed by atoms with E-state index in [4.69, 9.17) is 28.2 Å². The van der Waals surface area contributed by atoms with E-state index in [-0.39, 0.29) is 12.3 Å². The minimum absolute atomic E-state index is 0.0451. The number of hydrogen-bond acceptors (Lipinski definition) is 6. The fourth-order valence-corrected chi connectivity index (χ4v) is 6.81. The number of aryl methyl sites for hydroxylation is 2. The Morgan fingerprint density at radius 3 is 2.67 bits per heavy atom. The van der Waals surface area contributed by atoms with Crippen molar-refractivity contribution in [3.05, 3.63) is 87.2 Å². The number of aliphatic carboxylic acids is 1. The van der Waals surface area contributed by atoms with Gasteiger partial charge in [0.2, 0.25) is 0 Å². The van der Waals surface area contributed by atoms with Gasteiger partial charge in [0.1, 0.15) is 11.3 Å². The number of fused-ring (bicyclic) bond motifs is 8. The highest BCUT2D eigenvalue weighted by atomic mass is 35.5. The lowest BCUT2D eigenvalue weighted by molar-refractivity contribution is -0.137. The van der Waals surface area contributed by atoms with E-state index < -0.39 is 11.9 Å². The summed E-state index contributed by atoms with van der Waals surface area (Å²) in [5.74, 6) is 4.90. The van der Waals surface area contributed by atoms with Crippen LogP contribution in [0.5, 0.6) is 0 Å². The minimum Gasteiger partial charge on any atom is -0.481 e. The third-order valence-corrected chi connectivity index (χ3v) is 9.36. The molecule has 3 aliphatic rings. The molecule has 1 unspecified atom stereocenters. The average Bonchev–Trinajstić information content (AvgIpc) is 3.33. The number of anilines is 2. The molecule has 1 amide bonds. The van der Waals surface area contributed by atoms with Gasteiger partial charge < -0.3 is 25.3 Å². The summed E-state index contributed by atoms with van der Waals surface area (Å²) in [6, 6.07) is 13.8. The average molecular weight is 601 g/mol. The lowest BCUT2D eigenvalue weighted by atomic mass is 9.85. The molecular weight excluding hydrogens is 564 g/mol. The van der Waals surface area contributed by atoms with Crippen molar-refractivity contribution in [2.45, 2.75) is 57.4 Å². The lowest BCUT2D eigenvalue weighted by Crippen LogP contribution is -2.37. The summed E-state index contributed by atoms with van der Waals surface area (Å²) in [6.45, 7) is 1.65. The van der Waals surface area contributed by atoms with Crippen molar-refractivity contribution in [2.75, 3.05) is 23.8 Å². The Morgan fingerprint density at radius 2 is 1.86 bits per heavy atom. The molecule has 5 heterocycles. The van der Waals surface area contributed by atoms with Gasteiger partial charge in [-0.2, -0.15) is 0 Å². The van der Waals surface area contributed by atoms with E-state index in [1.807, 2.05) is 59.1 Å². The molecule has 0 spiro atoms. The van der Waals surface area contributed by atoms with Crippen LogP contribution in [0.1, 0.15) is 76.3 Å². The number of benzene rings is 2. The van der Waals surface area contributed by atoms with E-state index in [0.29, 0.717) is 53.7 Å². The van der Waals surface area contributed by atoms with E-state index in [0.717, 1.165) is 65.4 Å². The zero-order valence-corrected chi connectivity index (χ0v) is 25.1. The van der Waals surface area contributed by atoms with Gasteiger partial charge in [0, 0.05) is 44.2 Å². The van der Waals surface area contributed by atoms with Gasteiger partial charge >= 0.3 is 5.97 Å². The van der Waals surface area contributed by atoms with Crippen LogP contribution in [-0.4, -0.2) is 44.5 Å². The molecule has 0 fully saturated rings. The Kier molecular flexibility index (Phi) is 8.03. The van der Waals surface area contributed by atoms with Crippen LogP contribution in [0.15, 0.2) is 48.7 Å². The number of carboxylic acids is 1. The van der Waals surface area contributed by atoms with Gasteiger partial charge in [-0.15, -0.1) is 0 Å². The normalized spacial score (nSPS) is 17.8. The standard InChI is InChI=1S/C33H37ClN6O3/c1-38-28-16-23-14-20(18-37-32(23)38)6-4-2-3-5-12-40(36)27-10-9-25(30(34)31(27)35)26(17-29(41)42)22-8-7-21-11-13-39(33(28)43)19-24(21)15-22/h7-10,14-16,18,26H,2-6,11-13,17,19,35-36H2,1H3,(H,41,42). The van der Waals surface area contributed by atoms with Crippen molar-refractivity contribution in [1.29, 1.82) is 0 Å². The molecule has 3 aliphatic heterocycles. The minimum atomic E-state index is -0.941. The summed E-state index contributed by atoms with van der Waals surface area (Å²) in [7, 11) is 1.89. The van der Waals surface area contributed by atoms with Crippen LogP contribution >= 0.6 is 11.6 Å². The number of aromatic nitrogens is 2. The number of halogens is 1. The number of hydrogen-bond donors (Lipinski definition) is 3.